The molecule has 4 rings (SSSR count). The van der Waals surface area contributed by atoms with Gasteiger partial charge in [0.25, 0.3) is 0 Å². The van der Waals surface area contributed by atoms with Crippen molar-refractivity contribution in [2.75, 3.05) is 6.61 Å². The van der Waals surface area contributed by atoms with Crippen molar-refractivity contribution in [2.24, 2.45) is 11.7 Å². The monoisotopic (exact) mass is 346 g/mol. The molecule has 1 unspecified atom stereocenters. The number of benzene rings is 1. The average Bonchev–Trinajstić information content (AvgIpc) is 2.51. The lowest BCUT2D eigenvalue weighted by atomic mass is 9.66. The minimum Gasteiger partial charge on any atom is -0.375 e. The van der Waals surface area contributed by atoms with E-state index in [2.05, 4.69) is 0 Å². The van der Waals surface area contributed by atoms with E-state index < -0.39 is 0 Å². The normalized spacial score (nSPS) is 32.1. The van der Waals surface area contributed by atoms with Crippen LogP contribution in [0.1, 0.15) is 50.5 Å². The molecule has 1 heterocycles. The molecule has 0 aromatic heterocycles. The number of ether oxygens (including phenoxy) is 1. The van der Waals surface area contributed by atoms with Crippen LogP contribution >= 0.6 is 0 Å². The van der Waals surface area contributed by atoms with Gasteiger partial charge in [-0.05, 0) is 51.0 Å². The van der Waals surface area contributed by atoms with Crippen molar-refractivity contribution in [2.45, 2.75) is 69.2 Å². The summed E-state index contributed by atoms with van der Waals surface area (Å²) >= 11 is 0. The van der Waals surface area contributed by atoms with Gasteiger partial charge in [0.1, 0.15) is 5.82 Å². The smallest absolute Gasteiger partial charge is 0.226 e. The van der Waals surface area contributed by atoms with Crippen LogP contribution in [-0.2, 0) is 16.1 Å². The van der Waals surface area contributed by atoms with E-state index in [0.29, 0.717) is 18.7 Å². The Bertz CT molecular complexity index is 640. The quantitative estimate of drug-likeness (QED) is 0.912. The van der Waals surface area contributed by atoms with Gasteiger partial charge in [0.15, 0.2) is 0 Å². The van der Waals surface area contributed by atoms with E-state index >= 15 is 0 Å². The molecule has 0 bridgehead atoms. The Morgan fingerprint density at radius 1 is 1.24 bits per heavy atom. The predicted molar refractivity (Wildman–Crippen MR) is 93.2 cm³/mol. The first-order chi connectivity index (χ1) is 12.1. The zero-order chi connectivity index (χ0) is 17.4. The van der Waals surface area contributed by atoms with Crippen LogP contribution < -0.4 is 5.73 Å². The Kier molecular flexibility index (Phi) is 4.54. The van der Waals surface area contributed by atoms with Crippen molar-refractivity contribution in [3.05, 3.63) is 35.6 Å². The average molecular weight is 346 g/mol. The van der Waals surface area contributed by atoms with Gasteiger partial charge in [-0.1, -0.05) is 18.2 Å². The van der Waals surface area contributed by atoms with E-state index in [0.717, 1.165) is 44.9 Å². The standard InChI is InChI=1S/C20H27FN2O2/c21-18-7-2-1-4-14(18)13-23(17-5-3-6-17)19(24)15-10-20(11-15)12-16(22)8-9-25-20/h1-2,4,7,15-17H,3,5-6,8-13,22H2. The SMILES string of the molecule is NC1CCOC2(C1)CC(C(=O)N(Cc1ccccc1F)C1CCC1)C2. The summed E-state index contributed by atoms with van der Waals surface area (Å²) in [4.78, 5) is 15.0. The molecule has 1 spiro atoms. The van der Waals surface area contributed by atoms with Crippen LogP contribution in [-0.4, -0.2) is 35.1 Å². The highest BCUT2D eigenvalue weighted by atomic mass is 19.1. The molecule has 25 heavy (non-hydrogen) atoms. The lowest BCUT2D eigenvalue weighted by Gasteiger charge is -2.52. The van der Waals surface area contributed by atoms with E-state index in [9.17, 15) is 9.18 Å². The second kappa shape index (κ2) is 6.69. The van der Waals surface area contributed by atoms with Gasteiger partial charge in [0.05, 0.1) is 5.60 Å². The van der Waals surface area contributed by atoms with Crippen molar-refractivity contribution in [1.82, 2.24) is 4.90 Å². The van der Waals surface area contributed by atoms with E-state index in [1.165, 1.54) is 6.07 Å². The Morgan fingerprint density at radius 3 is 2.64 bits per heavy atom. The van der Waals surface area contributed by atoms with Crippen molar-refractivity contribution in [3.63, 3.8) is 0 Å². The third-order valence-electron chi connectivity index (χ3n) is 6.21. The first kappa shape index (κ1) is 17.0. The molecule has 1 atom stereocenters. The molecule has 2 aliphatic carbocycles. The minimum atomic E-state index is -0.230. The summed E-state index contributed by atoms with van der Waals surface area (Å²) in [5.41, 5.74) is 6.51. The lowest BCUT2D eigenvalue weighted by Crippen LogP contribution is -2.58. The van der Waals surface area contributed by atoms with Crippen molar-refractivity contribution >= 4 is 5.91 Å². The van der Waals surface area contributed by atoms with Crippen LogP contribution in [0, 0.1) is 11.7 Å². The lowest BCUT2D eigenvalue weighted by molar-refractivity contribution is -0.178. The number of hydrogen-bond acceptors (Lipinski definition) is 3. The van der Waals surface area contributed by atoms with Gasteiger partial charge in [-0.15, -0.1) is 0 Å². The maximum absolute atomic E-state index is 14.1. The molecule has 1 amide bonds. The summed E-state index contributed by atoms with van der Waals surface area (Å²) in [6.45, 7) is 1.07. The van der Waals surface area contributed by atoms with E-state index in [1.807, 2.05) is 11.0 Å². The largest absolute Gasteiger partial charge is 0.375 e. The van der Waals surface area contributed by atoms with E-state index in [-0.39, 0.29) is 35.3 Å². The second-order valence-corrected chi connectivity index (χ2v) is 8.03. The summed E-state index contributed by atoms with van der Waals surface area (Å²) in [7, 11) is 0. The van der Waals surface area contributed by atoms with E-state index in [4.69, 9.17) is 10.5 Å². The number of nitrogens with two attached hydrogens (primary N) is 1. The molecule has 5 heteroatoms. The molecule has 1 aromatic rings. The summed E-state index contributed by atoms with van der Waals surface area (Å²) in [6.07, 6.45) is 6.49. The Balaban J connectivity index is 1.43. The minimum absolute atomic E-state index is 0.00215. The summed E-state index contributed by atoms with van der Waals surface area (Å²) in [6, 6.07) is 7.21. The van der Waals surface area contributed by atoms with Crippen LogP contribution in [0.4, 0.5) is 4.39 Å². The number of rotatable bonds is 4. The van der Waals surface area contributed by atoms with Gasteiger partial charge in [-0.3, -0.25) is 4.79 Å². The number of carbonyl (C=O) groups is 1. The fourth-order valence-electron chi connectivity index (χ4n) is 4.49. The number of carbonyl (C=O) groups excluding carboxylic acids is 1. The topological polar surface area (TPSA) is 55.6 Å². The molecular weight excluding hydrogens is 319 g/mol. The zero-order valence-corrected chi connectivity index (χ0v) is 14.6. The van der Waals surface area contributed by atoms with Gasteiger partial charge >= 0.3 is 0 Å². The highest BCUT2D eigenvalue weighted by molar-refractivity contribution is 5.80. The Morgan fingerprint density at radius 2 is 2.00 bits per heavy atom. The second-order valence-electron chi connectivity index (χ2n) is 8.03. The molecule has 2 saturated carbocycles. The molecular formula is C20H27FN2O2. The molecule has 3 fully saturated rings. The van der Waals surface area contributed by atoms with Crippen molar-refractivity contribution in [1.29, 1.82) is 0 Å². The fraction of sp³-hybridized carbons (Fsp3) is 0.650. The summed E-state index contributed by atoms with van der Waals surface area (Å²) < 4.78 is 20.0. The molecule has 0 radical (unpaired) electrons. The molecule has 1 saturated heterocycles. The first-order valence-electron chi connectivity index (χ1n) is 9.50. The number of hydrogen-bond donors (Lipinski definition) is 1. The summed E-state index contributed by atoms with van der Waals surface area (Å²) in [5.74, 6) is -0.0645. The third kappa shape index (κ3) is 3.32. The van der Waals surface area contributed by atoms with Gasteiger partial charge in [0, 0.05) is 36.7 Å². The zero-order valence-electron chi connectivity index (χ0n) is 14.6. The maximum Gasteiger partial charge on any atom is 0.226 e. The number of halogens is 1. The highest BCUT2D eigenvalue weighted by Gasteiger charge is 2.52. The van der Waals surface area contributed by atoms with Gasteiger partial charge in [-0.25, -0.2) is 4.39 Å². The fourth-order valence-corrected chi connectivity index (χ4v) is 4.49. The van der Waals surface area contributed by atoms with Gasteiger partial charge in [-0.2, -0.15) is 0 Å². The Hall–Kier alpha value is -1.46. The van der Waals surface area contributed by atoms with Crippen LogP contribution in [0.25, 0.3) is 0 Å². The molecule has 136 valence electrons. The van der Waals surface area contributed by atoms with Crippen molar-refractivity contribution < 1.29 is 13.9 Å². The molecule has 2 N–H and O–H groups in total. The van der Waals surface area contributed by atoms with Crippen LogP contribution in [0.3, 0.4) is 0 Å². The van der Waals surface area contributed by atoms with E-state index in [1.54, 1.807) is 12.1 Å². The first-order valence-corrected chi connectivity index (χ1v) is 9.50. The molecule has 3 aliphatic rings. The Labute approximate surface area is 148 Å². The van der Waals surface area contributed by atoms with Crippen LogP contribution in [0.15, 0.2) is 24.3 Å². The third-order valence-corrected chi connectivity index (χ3v) is 6.21. The van der Waals surface area contributed by atoms with Gasteiger partial charge < -0.3 is 15.4 Å². The summed E-state index contributed by atoms with van der Waals surface area (Å²) in [5, 5.41) is 0. The molecule has 1 aliphatic heterocycles. The number of amides is 1. The van der Waals surface area contributed by atoms with Crippen LogP contribution in [0.5, 0.6) is 0 Å². The maximum atomic E-state index is 14.1. The van der Waals surface area contributed by atoms with Crippen molar-refractivity contribution in [3.8, 4) is 0 Å². The van der Waals surface area contributed by atoms with Crippen LogP contribution in [0.2, 0.25) is 0 Å². The highest BCUT2D eigenvalue weighted by Crippen LogP contribution is 2.47. The number of nitrogens with zero attached hydrogens (tertiary/aromatic N) is 1. The molecule has 1 aromatic carbocycles. The molecule has 4 nitrogen and oxygen atoms in total. The predicted octanol–water partition coefficient (Wildman–Crippen LogP) is 2.99. The van der Waals surface area contributed by atoms with Gasteiger partial charge in [0.2, 0.25) is 5.91 Å².